The van der Waals surface area contributed by atoms with Crippen LogP contribution in [-0.2, 0) is 9.59 Å². The van der Waals surface area contributed by atoms with Gasteiger partial charge in [0.15, 0.2) is 18.1 Å². The van der Waals surface area contributed by atoms with Gasteiger partial charge in [-0.05, 0) is 37.5 Å². The fraction of sp³-hybridized carbons (Fsp3) is 0.526. The van der Waals surface area contributed by atoms with E-state index in [1.807, 2.05) is 4.90 Å². The largest absolute Gasteiger partial charge is 0.490 e. The Hall–Kier alpha value is -2.77. The highest BCUT2D eigenvalue weighted by atomic mass is 16.5. The van der Waals surface area contributed by atoms with Crippen LogP contribution in [0.3, 0.4) is 0 Å². The number of aliphatic carboxylic acids is 1. The predicted molar refractivity (Wildman–Crippen MR) is 95.9 cm³/mol. The van der Waals surface area contributed by atoms with Crippen molar-refractivity contribution in [1.82, 2.24) is 10.2 Å². The first-order valence-electron chi connectivity index (χ1n) is 9.10. The topological polar surface area (TPSA) is 105 Å². The zero-order chi connectivity index (χ0) is 19.6. The summed E-state index contributed by atoms with van der Waals surface area (Å²) in [6.07, 6.45) is 1.34. The van der Waals surface area contributed by atoms with Crippen LogP contribution < -0.4 is 14.8 Å². The van der Waals surface area contributed by atoms with Crippen LogP contribution in [0.2, 0.25) is 0 Å². The molecule has 0 spiro atoms. The van der Waals surface area contributed by atoms with Gasteiger partial charge < -0.3 is 24.8 Å². The summed E-state index contributed by atoms with van der Waals surface area (Å²) in [7, 11) is 0. The molecule has 1 saturated carbocycles. The summed E-state index contributed by atoms with van der Waals surface area (Å²) in [4.78, 5) is 37.2. The van der Waals surface area contributed by atoms with Crippen molar-refractivity contribution in [3.8, 4) is 11.5 Å². The van der Waals surface area contributed by atoms with Crippen molar-refractivity contribution in [3.63, 3.8) is 0 Å². The lowest BCUT2D eigenvalue weighted by atomic mass is 10.1. The molecule has 8 heteroatoms. The number of carboxylic acids is 1. The highest BCUT2D eigenvalue weighted by molar-refractivity contribution is 5.95. The lowest BCUT2D eigenvalue weighted by molar-refractivity contribution is -0.139. The number of ether oxygens (including phenoxy) is 2. The number of carbonyl (C=O) groups is 3. The third-order valence-electron chi connectivity index (χ3n) is 4.82. The summed E-state index contributed by atoms with van der Waals surface area (Å²) in [5, 5.41) is 11.6. The molecule has 0 radical (unpaired) electrons. The van der Waals surface area contributed by atoms with Crippen LogP contribution >= 0.6 is 0 Å². The second-order valence-corrected chi connectivity index (χ2v) is 6.98. The number of hydrogen-bond acceptors (Lipinski definition) is 5. The van der Waals surface area contributed by atoms with E-state index in [0.717, 1.165) is 6.42 Å². The average molecular weight is 376 g/mol. The number of carboxylic acid groups (broad SMARTS) is 1. The van der Waals surface area contributed by atoms with Gasteiger partial charge in [0, 0.05) is 24.6 Å². The molecule has 1 aromatic rings. The van der Waals surface area contributed by atoms with E-state index >= 15 is 0 Å². The van der Waals surface area contributed by atoms with Gasteiger partial charge in [-0.3, -0.25) is 9.59 Å². The zero-order valence-corrected chi connectivity index (χ0v) is 15.4. The molecule has 2 fully saturated rings. The molecule has 1 heterocycles. The molecule has 8 nitrogen and oxygen atoms in total. The number of amides is 2. The van der Waals surface area contributed by atoms with Gasteiger partial charge in [0.25, 0.3) is 5.91 Å². The highest BCUT2D eigenvalue weighted by Crippen LogP contribution is 2.37. The average Bonchev–Trinajstić information content (AvgIpc) is 3.23. The van der Waals surface area contributed by atoms with Crippen molar-refractivity contribution in [1.29, 1.82) is 0 Å². The molecule has 3 atom stereocenters. The van der Waals surface area contributed by atoms with E-state index in [2.05, 4.69) is 12.2 Å². The van der Waals surface area contributed by atoms with Gasteiger partial charge in [-0.2, -0.15) is 0 Å². The van der Waals surface area contributed by atoms with Gasteiger partial charge in [0.05, 0.1) is 12.6 Å². The Labute approximate surface area is 157 Å². The van der Waals surface area contributed by atoms with Crippen molar-refractivity contribution >= 4 is 17.8 Å². The Morgan fingerprint density at radius 3 is 2.67 bits per heavy atom. The molecule has 1 aliphatic heterocycles. The maximum atomic E-state index is 12.6. The number of nitrogens with zero attached hydrogens (tertiary/aromatic N) is 1. The number of nitrogens with one attached hydrogen (secondary N) is 1. The number of benzene rings is 1. The molecule has 3 rings (SSSR count). The fourth-order valence-corrected chi connectivity index (χ4v) is 3.33. The quantitative estimate of drug-likeness (QED) is 0.708. The summed E-state index contributed by atoms with van der Waals surface area (Å²) in [6, 6.07) is 4.69. The first-order chi connectivity index (χ1) is 12.9. The summed E-state index contributed by atoms with van der Waals surface area (Å²) in [6.45, 7) is 4.29. The smallest absolute Gasteiger partial charge is 0.341 e. The van der Waals surface area contributed by atoms with Crippen LogP contribution in [0.5, 0.6) is 11.5 Å². The minimum atomic E-state index is -1.10. The van der Waals surface area contributed by atoms with Crippen molar-refractivity contribution in [2.45, 2.75) is 38.8 Å². The molecule has 27 heavy (non-hydrogen) atoms. The molecule has 2 aliphatic rings. The van der Waals surface area contributed by atoms with Gasteiger partial charge in [-0.1, -0.05) is 6.92 Å². The van der Waals surface area contributed by atoms with Crippen LogP contribution in [0, 0.1) is 5.92 Å². The number of rotatable bonds is 8. The Morgan fingerprint density at radius 2 is 2.04 bits per heavy atom. The zero-order valence-electron chi connectivity index (χ0n) is 15.4. The summed E-state index contributed by atoms with van der Waals surface area (Å²) < 4.78 is 10.6. The molecule has 1 aliphatic carbocycles. The van der Waals surface area contributed by atoms with E-state index in [0.29, 0.717) is 42.8 Å². The van der Waals surface area contributed by atoms with E-state index in [9.17, 15) is 14.4 Å². The number of likely N-dealkylation sites (tertiary alicyclic amines) is 1. The monoisotopic (exact) mass is 376 g/mol. The second kappa shape index (κ2) is 7.85. The highest BCUT2D eigenvalue weighted by Gasteiger charge is 2.44. The van der Waals surface area contributed by atoms with Crippen molar-refractivity contribution < 1.29 is 29.0 Å². The SMILES string of the molecule is CCOc1cc(C(=O)N[C@@H]2CC(=O)N([C@H]3C[C@H]3C)C2)ccc1OCC(=O)O. The maximum absolute atomic E-state index is 12.6. The van der Waals surface area contributed by atoms with E-state index in [-0.39, 0.29) is 23.6 Å². The minimum Gasteiger partial charge on any atom is -0.490 e. The minimum absolute atomic E-state index is 0.0853. The molecule has 2 N–H and O–H groups in total. The normalized spacial score (nSPS) is 23.9. The first kappa shape index (κ1) is 19.0. The molecule has 1 aromatic carbocycles. The second-order valence-electron chi connectivity index (χ2n) is 6.98. The molecular formula is C19H24N2O6. The molecule has 0 bridgehead atoms. The Kier molecular flexibility index (Phi) is 5.53. The van der Waals surface area contributed by atoms with Crippen LogP contribution in [0.25, 0.3) is 0 Å². The molecule has 0 aromatic heterocycles. The molecule has 0 unspecified atom stereocenters. The van der Waals surface area contributed by atoms with Crippen LogP contribution in [0.1, 0.15) is 37.0 Å². The third-order valence-corrected chi connectivity index (χ3v) is 4.82. The van der Waals surface area contributed by atoms with Gasteiger partial charge >= 0.3 is 5.97 Å². The van der Waals surface area contributed by atoms with Crippen molar-refractivity contribution in [2.75, 3.05) is 19.8 Å². The molecular weight excluding hydrogens is 352 g/mol. The van der Waals surface area contributed by atoms with Crippen LogP contribution in [0.4, 0.5) is 0 Å². The van der Waals surface area contributed by atoms with Gasteiger partial charge in [0.1, 0.15) is 0 Å². The van der Waals surface area contributed by atoms with Crippen molar-refractivity contribution in [3.05, 3.63) is 23.8 Å². The van der Waals surface area contributed by atoms with Crippen molar-refractivity contribution in [2.24, 2.45) is 5.92 Å². The number of hydrogen-bond donors (Lipinski definition) is 2. The van der Waals surface area contributed by atoms with E-state index in [4.69, 9.17) is 14.6 Å². The van der Waals surface area contributed by atoms with E-state index in [1.165, 1.54) is 12.1 Å². The van der Waals surface area contributed by atoms with Gasteiger partial charge in [-0.25, -0.2) is 4.79 Å². The Morgan fingerprint density at radius 1 is 1.30 bits per heavy atom. The summed E-state index contributed by atoms with van der Waals surface area (Å²) >= 11 is 0. The van der Waals surface area contributed by atoms with Gasteiger partial charge in [0.2, 0.25) is 5.91 Å². The Bertz CT molecular complexity index is 750. The van der Waals surface area contributed by atoms with Crippen LogP contribution in [-0.4, -0.2) is 59.6 Å². The summed E-state index contributed by atoms with van der Waals surface area (Å²) in [5.41, 5.74) is 0.367. The molecule has 1 saturated heterocycles. The summed E-state index contributed by atoms with van der Waals surface area (Å²) in [5.74, 6) is -0.204. The standard InChI is InChI=1S/C19H24N2O6/c1-3-26-16-7-12(4-5-15(16)27-10-18(23)24)19(25)20-13-8-17(22)21(9-13)14-6-11(14)2/h4-5,7,11,13-14H,3,6,8-10H2,1-2H3,(H,20,25)(H,23,24)/t11-,13-,14+/m1/s1. The lowest BCUT2D eigenvalue weighted by Gasteiger charge is -2.17. The predicted octanol–water partition coefficient (Wildman–Crippen LogP) is 1.29. The Balaban J connectivity index is 1.64. The fourth-order valence-electron chi connectivity index (χ4n) is 3.33. The number of carbonyl (C=O) groups excluding carboxylic acids is 2. The lowest BCUT2D eigenvalue weighted by Crippen LogP contribution is -2.37. The molecule has 146 valence electrons. The van der Waals surface area contributed by atoms with E-state index < -0.39 is 12.6 Å². The van der Waals surface area contributed by atoms with E-state index in [1.54, 1.807) is 13.0 Å². The van der Waals surface area contributed by atoms with Crippen LogP contribution in [0.15, 0.2) is 18.2 Å². The molecule has 2 amide bonds. The first-order valence-corrected chi connectivity index (χ1v) is 9.10. The third kappa shape index (κ3) is 4.50. The maximum Gasteiger partial charge on any atom is 0.341 e. The van der Waals surface area contributed by atoms with Gasteiger partial charge in [-0.15, -0.1) is 0 Å².